The Morgan fingerprint density at radius 3 is 2.69 bits per heavy atom. The van der Waals surface area contributed by atoms with Crippen molar-refractivity contribution in [3.8, 4) is 0 Å². The van der Waals surface area contributed by atoms with Crippen molar-refractivity contribution in [3.05, 3.63) is 69.8 Å². The SMILES string of the molecule is Cc1cc(Cn2c(=O)n3nc[nH+]c3c3cc(CN4C[C@@H](C)O[C@@H](C)C4)cnc32)ccc1F. The van der Waals surface area contributed by atoms with E-state index in [1.165, 1.54) is 16.9 Å². The summed E-state index contributed by atoms with van der Waals surface area (Å²) in [5.41, 5.74) is 3.29. The van der Waals surface area contributed by atoms with Crippen molar-refractivity contribution in [2.75, 3.05) is 13.1 Å². The van der Waals surface area contributed by atoms with E-state index >= 15 is 0 Å². The molecular formula is C23H26FN6O2+. The molecule has 0 amide bonds. The molecule has 5 rings (SSSR count). The van der Waals surface area contributed by atoms with Crippen molar-refractivity contribution >= 4 is 16.7 Å². The van der Waals surface area contributed by atoms with Crippen LogP contribution in [0, 0.1) is 12.7 Å². The molecule has 0 spiro atoms. The third kappa shape index (κ3) is 3.78. The molecule has 4 heterocycles. The van der Waals surface area contributed by atoms with Gasteiger partial charge >= 0.3 is 5.69 Å². The van der Waals surface area contributed by atoms with Crippen LogP contribution in [0.15, 0.2) is 41.6 Å². The van der Waals surface area contributed by atoms with Gasteiger partial charge in [-0.15, -0.1) is 0 Å². The van der Waals surface area contributed by atoms with Crippen molar-refractivity contribution in [2.45, 2.75) is 46.1 Å². The molecule has 0 saturated carbocycles. The first-order valence-corrected chi connectivity index (χ1v) is 10.8. The fourth-order valence-corrected chi connectivity index (χ4v) is 4.59. The van der Waals surface area contributed by atoms with Crippen molar-refractivity contribution in [3.63, 3.8) is 0 Å². The van der Waals surface area contributed by atoms with Crippen LogP contribution in [0.4, 0.5) is 4.39 Å². The molecule has 4 aromatic rings. The number of halogens is 1. The molecule has 1 N–H and O–H groups in total. The average Bonchev–Trinajstić information content (AvgIpc) is 3.23. The zero-order valence-corrected chi connectivity index (χ0v) is 18.4. The Balaban J connectivity index is 1.57. The van der Waals surface area contributed by atoms with Gasteiger partial charge in [-0.25, -0.2) is 19.2 Å². The zero-order valence-electron chi connectivity index (χ0n) is 18.4. The minimum atomic E-state index is -0.299. The maximum Gasteiger partial charge on any atom is 0.425 e. The molecule has 166 valence electrons. The lowest BCUT2D eigenvalue weighted by Gasteiger charge is -2.35. The maximum absolute atomic E-state index is 13.7. The van der Waals surface area contributed by atoms with E-state index in [0.29, 0.717) is 16.9 Å². The number of rotatable bonds is 4. The molecule has 0 bridgehead atoms. The molecule has 0 radical (unpaired) electrons. The lowest BCUT2D eigenvalue weighted by Crippen LogP contribution is -2.44. The Hall–Kier alpha value is -3.17. The van der Waals surface area contributed by atoms with Crippen LogP contribution >= 0.6 is 0 Å². The molecule has 1 aliphatic heterocycles. The molecule has 1 aliphatic rings. The van der Waals surface area contributed by atoms with Crippen LogP contribution in [0.5, 0.6) is 0 Å². The maximum atomic E-state index is 13.7. The van der Waals surface area contributed by atoms with Gasteiger partial charge in [0.15, 0.2) is 5.65 Å². The number of fused-ring (bicyclic) bond motifs is 3. The first-order valence-electron chi connectivity index (χ1n) is 10.8. The van der Waals surface area contributed by atoms with E-state index in [1.54, 1.807) is 23.6 Å². The standard InChI is InChI=1S/C23H25FN6O2/c1-14-6-17(4-5-20(14)24)12-29-21-19(22-26-13-27-30(22)23(29)31)7-18(8-25-21)11-28-9-15(2)32-16(3)10-28/h4-8,13,15-16H,9-12H2,1-3H3/p+1/t15-,16+. The van der Waals surface area contributed by atoms with Gasteiger partial charge in [-0.3, -0.25) is 9.47 Å². The third-order valence-electron chi connectivity index (χ3n) is 5.90. The summed E-state index contributed by atoms with van der Waals surface area (Å²) in [5.74, 6) is -0.266. The Bertz CT molecular complexity index is 1350. The summed E-state index contributed by atoms with van der Waals surface area (Å²) in [6, 6.07) is 6.93. The van der Waals surface area contributed by atoms with Crippen molar-refractivity contribution in [1.29, 1.82) is 0 Å². The van der Waals surface area contributed by atoms with E-state index in [0.717, 1.165) is 36.1 Å². The number of nitrogens with zero attached hydrogens (tertiary/aromatic N) is 5. The number of ether oxygens (including phenoxy) is 1. The number of hydrogen-bond donors (Lipinski definition) is 0. The topological polar surface area (TPSA) is 78.8 Å². The van der Waals surface area contributed by atoms with Gasteiger partial charge < -0.3 is 4.74 Å². The van der Waals surface area contributed by atoms with Gasteiger partial charge in [0.2, 0.25) is 0 Å². The summed E-state index contributed by atoms with van der Waals surface area (Å²) in [6.45, 7) is 8.63. The smallest absolute Gasteiger partial charge is 0.373 e. The van der Waals surface area contributed by atoms with Crippen molar-refractivity contribution < 1.29 is 14.1 Å². The summed E-state index contributed by atoms with van der Waals surface area (Å²) in [7, 11) is 0. The number of aryl methyl sites for hydroxylation is 1. The Labute approximate surface area is 184 Å². The predicted molar refractivity (Wildman–Crippen MR) is 117 cm³/mol. The van der Waals surface area contributed by atoms with Crippen LogP contribution in [-0.2, 0) is 17.8 Å². The second-order valence-corrected chi connectivity index (χ2v) is 8.67. The fourth-order valence-electron chi connectivity index (χ4n) is 4.59. The number of hydrogen-bond acceptors (Lipinski definition) is 5. The summed E-state index contributed by atoms with van der Waals surface area (Å²) in [4.78, 5) is 23.3. The zero-order chi connectivity index (χ0) is 22.4. The highest BCUT2D eigenvalue weighted by Crippen LogP contribution is 2.20. The summed E-state index contributed by atoms with van der Waals surface area (Å²) in [6.07, 6.45) is 3.70. The second-order valence-electron chi connectivity index (χ2n) is 8.67. The normalized spacial score (nSPS) is 19.8. The number of pyridine rings is 1. The average molecular weight is 437 g/mol. The lowest BCUT2D eigenvalue weighted by molar-refractivity contribution is -0.345. The summed E-state index contributed by atoms with van der Waals surface area (Å²) >= 11 is 0. The molecule has 1 saturated heterocycles. The molecule has 2 atom stereocenters. The van der Waals surface area contributed by atoms with E-state index in [1.807, 2.05) is 6.20 Å². The summed E-state index contributed by atoms with van der Waals surface area (Å²) < 4.78 is 22.5. The Morgan fingerprint density at radius 2 is 1.94 bits per heavy atom. The number of nitrogens with one attached hydrogen (secondary N) is 1. The fraction of sp³-hybridized carbons (Fsp3) is 0.391. The molecule has 0 aliphatic carbocycles. The molecular weight excluding hydrogens is 411 g/mol. The van der Waals surface area contributed by atoms with Gasteiger partial charge in [0.1, 0.15) is 5.82 Å². The van der Waals surface area contributed by atoms with Crippen LogP contribution in [0.25, 0.3) is 16.7 Å². The van der Waals surface area contributed by atoms with Crippen LogP contribution in [0.3, 0.4) is 0 Å². The van der Waals surface area contributed by atoms with Crippen LogP contribution in [-0.4, -0.2) is 49.4 Å². The van der Waals surface area contributed by atoms with Gasteiger partial charge in [0, 0.05) is 30.9 Å². The van der Waals surface area contributed by atoms with E-state index in [4.69, 9.17) is 4.74 Å². The Morgan fingerprint density at radius 1 is 1.16 bits per heavy atom. The number of aromatic amines is 1. The monoisotopic (exact) mass is 437 g/mol. The highest BCUT2D eigenvalue weighted by molar-refractivity contribution is 5.87. The van der Waals surface area contributed by atoms with Crippen LogP contribution < -0.4 is 10.7 Å². The number of H-pyrrole nitrogens is 1. The van der Waals surface area contributed by atoms with Crippen molar-refractivity contribution in [2.24, 2.45) is 0 Å². The third-order valence-corrected chi connectivity index (χ3v) is 5.90. The van der Waals surface area contributed by atoms with Gasteiger partial charge in [-0.05, 0) is 54.1 Å². The molecule has 0 unspecified atom stereocenters. The van der Waals surface area contributed by atoms with E-state index in [-0.39, 0.29) is 30.3 Å². The van der Waals surface area contributed by atoms with Crippen molar-refractivity contribution in [1.82, 2.24) is 24.1 Å². The highest BCUT2D eigenvalue weighted by atomic mass is 19.1. The molecule has 8 nitrogen and oxygen atoms in total. The molecule has 1 aromatic carbocycles. The van der Waals surface area contributed by atoms with E-state index in [2.05, 4.69) is 39.9 Å². The Kier molecular flexibility index (Phi) is 5.22. The quantitative estimate of drug-likeness (QED) is 0.488. The van der Waals surface area contributed by atoms with Gasteiger partial charge in [-0.2, -0.15) is 0 Å². The molecule has 1 fully saturated rings. The molecule has 3 aromatic heterocycles. The first kappa shape index (κ1) is 20.7. The molecule has 9 heteroatoms. The summed E-state index contributed by atoms with van der Waals surface area (Å²) in [5, 5.41) is 4.99. The minimum absolute atomic E-state index is 0.186. The highest BCUT2D eigenvalue weighted by Gasteiger charge is 2.24. The lowest BCUT2D eigenvalue weighted by atomic mass is 10.1. The predicted octanol–water partition coefficient (Wildman–Crippen LogP) is 1.96. The van der Waals surface area contributed by atoms with Gasteiger partial charge in [0.05, 0.1) is 24.1 Å². The largest absolute Gasteiger partial charge is 0.425 e. The van der Waals surface area contributed by atoms with Gasteiger partial charge in [-0.1, -0.05) is 12.1 Å². The second kappa shape index (κ2) is 8.07. The molecule has 32 heavy (non-hydrogen) atoms. The minimum Gasteiger partial charge on any atom is -0.373 e. The van der Waals surface area contributed by atoms with E-state index in [9.17, 15) is 9.18 Å². The van der Waals surface area contributed by atoms with Gasteiger partial charge in [0.25, 0.3) is 12.0 Å². The van der Waals surface area contributed by atoms with E-state index < -0.39 is 0 Å². The first-order chi connectivity index (χ1) is 15.4. The number of benzene rings is 1. The van der Waals surface area contributed by atoms with Crippen LogP contribution in [0.1, 0.15) is 30.5 Å². The number of aromatic nitrogens is 5. The van der Waals surface area contributed by atoms with Crippen LogP contribution in [0.2, 0.25) is 0 Å². The number of morpholine rings is 1.